The van der Waals surface area contributed by atoms with E-state index in [1.54, 1.807) is 18.4 Å². The number of aliphatic hydroxyl groups is 2. The molecule has 2 aromatic heterocycles. The van der Waals surface area contributed by atoms with Crippen LogP contribution in [0.25, 0.3) is 10.2 Å². The monoisotopic (exact) mass is 476 g/mol. The number of anilines is 1. The van der Waals surface area contributed by atoms with E-state index in [1.807, 2.05) is 23.1 Å². The normalized spacial score (nSPS) is 13.5. The number of thiophene rings is 1. The quantitative estimate of drug-likeness (QED) is 0.411. The number of aryl methyl sites for hydroxylation is 2. The van der Waals surface area contributed by atoms with E-state index in [0.29, 0.717) is 42.8 Å². The zero-order valence-electron chi connectivity index (χ0n) is 18.2. The summed E-state index contributed by atoms with van der Waals surface area (Å²) in [5, 5.41) is 23.9. The number of benzene rings is 1. The van der Waals surface area contributed by atoms with E-state index in [9.17, 15) is 10.2 Å². The fraction of sp³-hybridized carbons (Fsp3) is 0.478. The van der Waals surface area contributed by atoms with Crippen LogP contribution in [0.15, 0.2) is 18.2 Å². The molecule has 1 aromatic carbocycles. The highest BCUT2D eigenvalue weighted by Gasteiger charge is 2.22. The van der Waals surface area contributed by atoms with Crippen molar-refractivity contribution in [2.45, 2.75) is 38.8 Å². The first-order valence-electron chi connectivity index (χ1n) is 10.9. The molecule has 0 unspecified atom stereocenters. The van der Waals surface area contributed by atoms with Crippen molar-refractivity contribution in [1.29, 1.82) is 0 Å². The molecule has 3 aromatic rings. The van der Waals surface area contributed by atoms with Crippen LogP contribution in [-0.2, 0) is 25.9 Å². The first-order chi connectivity index (χ1) is 15.6. The minimum atomic E-state index is 0.0267. The van der Waals surface area contributed by atoms with E-state index in [0.717, 1.165) is 34.4 Å². The van der Waals surface area contributed by atoms with Crippen LogP contribution in [0.5, 0.6) is 5.75 Å². The van der Waals surface area contributed by atoms with Gasteiger partial charge in [0.25, 0.3) is 0 Å². The van der Waals surface area contributed by atoms with Crippen molar-refractivity contribution >= 4 is 39.0 Å². The van der Waals surface area contributed by atoms with Crippen LogP contribution in [0.3, 0.4) is 0 Å². The predicted molar refractivity (Wildman–Crippen MR) is 129 cm³/mol. The second-order valence-electron chi connectivity index (χ2n) is 7.93. The maximum absolute atomic E-state index is 9.35. The topological polar surface area (TPSA) is 90.7 Å². The summed E-state index contributed by atoms with van der Waals surface area (Å²) < 4.78 is 5.25. The molecular weight excluding hydrogens is 448 g/mol. The van der Waals surface area contributed by atoms with Gasteiger partial charge < -0.3 is 20.3 Å². The highest BCUT2D eigenvalue weighted by molar-refractivity contribution is 7.19. The largest absolute Gasteiger partial charge is 0.495 e. The standard InChI is InChI=1S/C23H29ClN4O3S/c1-31-18-7-6-15(12-17(18)24)13-25-22-21-16-4-2-3-5-19(16)32-23(21)27-20(26-22)14-28(8-10-29)9-11-30/h6-7,12,29-30H,2-5,8-11,13-14H2,1H3,(H,25,26,27). The molecule has 0 spiro atoms. The lowest BCUT2D eigenvalue weighted by Gasteiger charge is -2.20. The third-order valence-electron chi connectivity index (χ3n) is 5.73. The third-order valence-corrected chi connectivity index (χ3v) is 7.22. The van der Waals surface area contributed by atoms with Crippen molar-refractivity contribution in [1.82, 2.24) is 14.9 Å². The maximum atomic E-state index is 9.35. The molecule has 0 aliphatic heterocycles. The van der Waals surface area contributed by atoms with E-state index < -0.39 is 0 Å². The van der Waals surface area contributed by atoms with Gasteiger partial charge in [-0.2, -0.15) is 0 Å². The first-order valence-corrected chi connectivity index (χ1v) is 12.1. The minimum absolute atomic E-state index is 0.0267. The molecule has 172 valence electrons. The van der Waals surface area contributed by atoms with Crippen molar-refractivity contribution < 1.29 is 14.9 Å². The summed E-state index contributed by atoms with van der Waals surface area (Å²) in [5.41, 5.74) is 2.41. The smallest absolute Gasteiger partial charge is 0.146 e. The molecule has 0 amide bonds. The van der Waals surface area contributed by atoms with Crippen LogP contribution in [0, 0.1) is 0 Å². The van der Waals surface area contributed by atoms with E-state index in [1.165, 1.54) is 23.3 Å². The molecule has 0 saturated carbocycles. The number of hydrogen-bond acceptors (Lipinski definition) is 8. The summed E-state index contributed by atoms with van der Waals surface area (Å²) >= 11 is 8.07. The van der Waals surface area contributed by atoms with Gasteiger partial charge in [0.15, 0.2) is 0 Å². The Bertz CT molecular complexity index is 1070. The molecule has 0 atom stereocenters. The van der Waals surface area contributed by atoms with E-state index in [-0.39, 0.29) is 13.2 Å². The summed E-state index contributed by atoms with van der Waals surface area (Å²) in [4.78, 5) is 14.1. The van der Waals surface area contributed by atoms with Crippen molar-refractivity contribution in [2.24, 2.45) is 0 Å². The zero-order valence-corrected chi connectivity index (χ0v) is 19.8. The van der Waals surface area contributed by atoms with Crippen molar-refractivity contribution in [2.75, 3.05) is 38.7 Å². The van der Waals surface area contributed by atoms with Crippen LogP contribution in [-0.4, -0.2) is 58.5 Å². The Morgan fingerprint density at radius 2 is 1.94 bits per heavy atom. The molecule has 9 heteroatoms. The van der Waals surface area contributed by atoms with E-state index in [2.05, 4.69) is 5.32 Å². The molecule has 0 bridgehead atoms. The Kier molecular flexibility index (Phi) is 7.80. The molecule has 4 rings (SSSR count). The Hall–Kier alpha value is -1.97. The van der Waals surface area contributed by atoms with Gasteiger partial charge in [-0.05, 0) is 48.9 Å². The summed E-state index contributed by atoms with van der Waals surface area (Å²) in [6.07, 6.45) is 4.56. The summed E-state index contributed by atoms with van der Waals surface area (Å²) in [7, 11) is 1.61. The molecule has 0 saturated heterocycles. The number of methoxy groups -OCH3 is 1. The second-order valence-corrected chi connectivity index (χ2v) is 9.42. The summed E-state index contributed by atoms with van der Waals surface area (Å²) in [6, 6.07) is 5.76. The average Bonchev–Trinajstić information content (AvgIpc) is 3.16. The van der Waals surface area contributed by atoms with Crippen molar-refractivity contribution in [3.05, 3.63) is 45.1 Å². The lowest BCUT2D eigenvalue weighted by molar-refractivity contribution is 0.153. The third kappa shape index (κ3) is 5.15. The number of rotatable bonds is 10. The van der Waals surface area contributed by atoms with Gasteiger partial charge in [-0.15, -0.1) is 11.3 Å². The minimum Gasteiger partial charge on any atom is -0.495 e. The number of nitrogens with one attached hydrogen (secondary N) is 1. The van der Waals surface area contributed by atoms with Crippen LogP contribution in [0.4, 0.5) is 5.82 Å². The van der Waals surface area contributed by atoms with Crippen LogP contribution < -0.4 is 10.1 Å². The van der Waals surface area contributed by atoms with Gasteiger partial charge in [0.2, 0.25) is 0 Å². The highest BCUT2D eigenvalue weighted by atomic mass is 35.5. The van der Waals surface area contributed by atoms with Gasteiger partial charge in [-0.1, -0.05) is 17.7 Å². The van der Waals surface area contributed by atoms with Gasteiger partial charge in [0.1, 0.15) is 22.2 Å². The fourth-order valence-electron chi connectivity index (χ4n) is 4.16. The van der Waals surface area contributed by atoms with Gasteiger partial charge in [0.05, 0.1) is 37.3 Å². The molecule has 7 nitrogen and oxygen atoms in total. The van der Waals surface area contributed by atoms with Gasteiger partial charge in [-0.3, -0.25) is 4.90 Å². The molecule has 3 N–H and O–H groups in total. The van der Waals surface area contributed by atoms with E-state index >= 15 is 0 Å². The maximum Gasteiger partial charge on any atom is 0.146 e. The average molecular weight is 477 g/mol. The number of halogens is 1. The number of nitrogens with zero attached hydrogens (tertiary/aromatic N) is 3. The van der Waals surface area contributed by atoms with Gasteiger partial charge in [0, 0.05) is 24.5 Å². The number of ether oxygens (including phenoxy) is 1. The van der Waals surface area contributed by atoms with Gasteiger partial charge in [-0.25, -0.2) is 9.97 Å². The Balaban J connectivity index is 1.66. The summed E-state index contributed by atoms with van der Waals surface area (Å²) in [5.74, 6) is 2.18. The fourth-order valence-corrected chi connectivity index (χ4v) is 5.72. The van der Waals surface area contributed by atoms with Crippen LogP contribution >= 0.6 is 22.9 Å². The number of aliphatic hydroxyl groups excluding tert-OH is 2. The Morgan fingerprint density at radius 1 is 1.16 bits per heavy atom. The first kappa shape index (κ1) is 23.2. The Morgan fingerprint density at radius 3 is 2.66 bits per heavy atom. The molecule has 0 fully saturated rings. The molecule has 0 radical (unpaired) electrons. The molecule has 1 aliphatic carbocycles. The lowest BCUT2D eigenvalue weighted by Crippen LogP contribution is -2.30. The number of fused-ring (bicyclic) bond motifs is 3. The number of hydrogen-bond donors (Lipinski definition) is 3. The molecule has 2 heterocycles. The highest BCUT2D eigenvalue weighted by Crippen LogP contribution is 2.39. The SMILES string of the molecule is COc1ccc(CNc2nc(CN(CCO)CCO)nc3sc4c(c23)CCCC4)cc1Cl. The van der Waals surface area contributed by atoms with E-state index in [4.69, 9.17) is 26.3 Å². The van der Waals surface area contributed by atoms with Crippen molar-refractivity contribution in [3.63, 3.8) is 0 Å². The zero-order chi connectivity index (χ0) is 22.5. The molecule has 1 aliphatic rings. The number of aromatic nitrogens is 2. The predicted octanol–water partition coefficient (Wildman–Crippen LogP) is 3.63. The van der Waals surface area contributed by atoms with Crippen LogP contribution in [0.2, 0.25) is 5.02 Å². The lowest BCUT2D eigenvalue weighted by atomic mass is 9.97. The van der Waals surface area contributed by atoms with Gasteiger partial charge >= 0.3 is 0 Å². The van der Waals surface area contributed by atoms with Crippen molar-refractivity contribution in [3.8, 4) is 5.75 Å². The second kappa shape index (κ2) is 10.8. The molecular formula is C23H29ClN4O3S. The van der Waals surface area contributed by atoms with Crippen LogP contribution in [0.1, 0.15) is 34.7 Å². The summed E-state index contributed by atoms with van der Waals surface area (Å²) in [6.45, 7) is 2.04. The Labute approximate surface area is 197 Å². The molecule has 32 heavy (non-hydrogen) atoms.